The van der Waals surface area contributed by atoms with Gasteiger partial charge in [0, 0.05) is 18.1 Å². The van der Waals surface area contributed by atoms with Crippen LogP contribution in [0, 0.1) is 0 Å². The molecule has 4 nitrogen and oxygen atoms in total. The van der Waals surface area contributed by atoms with Crippen molar-refractivity contribution < 1.29 is 0 Å². The summed E-state index contributed by atoms with van der Waals surface area (Å²) in [5, 5.41) is 2.51. The van der Waals surface area contributed by atoms with Crippen LogP contribution < -0.4 is 5.73 Å². The van der Waals surface area contributed by atoms with Gasteiger partial charge in [-0.3, -0.25) is 0 Å². The van der Waals surface area contributed by atoms with Crippen LogP contribution >= 0.6 is 11.3 Å². The first-order valence-electron chi connectivity index (χ1n) is 4.69. The van der Waals surface area contributed by atoms with Crippen LogP contribution in [-0.4, -0.2) is 14.5 Å². The third-order valence-corrected chi connectivity index (χ3v) is 2.68. The number of aryl methyl sites for hydroxylation is 1. The average Bonchev–Trinajstić information content (AvgIpc) is 2.83. The minimum atomic E-state index is 0.591. The molecule has 0 amide bonds. The summed E-state index contributed by atoms with van der Waals surface area (Å²) in [6.45, 7) is 3.01. The number of nitrogens with two attached hydrogens (primary N) is 1. The summed E-state index contributed by atoms with van der Waals surface area (Å²) in [4.78, 5) is 8.36. The molecule has 0 aliphatic heterocycles. The number of imidazole rings is 1. The molecule has 2 aromatic heterocycles. The molecule has 15 heavy (non-hydrogen) atoms. The van der Waals surface area contributed by atoms with Gasteiger partial charge in [-0.1, -0.05) is 0 Å². The van der Waals surface area contributed by atoms with E-state index < -0.39 is 0 Å². The summed E-state index contributed by atoms with van der Waals surface area (Å²) in [5.74, 6) is 0. The predicted molar refractivity (Wildman–Crippen MR) is 63.4 cm³/mol. The Labute approximate surface area is 92.1 Å². The Bertz CT molecular complexity index is 469. The molecule has 0 unspecified atom stereocenters. The standard InChI is InChI=1S/C10H12N4S/c1-2-14-5-8(12-7-14)3-4-9-6-15-10(11)13-9/h3-7H,2H2,1H3,(H2,11,13). The Morgan fingerprint density at radius 2 is 2.27 bits per heavy atom. The van der Waals surface area contributed by atoms with Crippen molar-refractivity contribution in [3.8, 4) is 0 Å². The van der Waals surface area contributed by atoms with Gasteiger partial charge < -0.3 is 10.3 Å². The quantitative estimate of drug-likeness (QED) is 0.862. The number of anilines is 1. The highest BCUT2D eigenvalue weighted by atomic mass is 32.1. The highest BCUT2D eigenvalue weighted by Gasteiger charge is 1.95. The van der Waals surface area contributed by atoms with Gasteiger partial charge in [-0.2, -0.15) is 0 Å². The Balaban J connectivity index is 2.11. The van der Waals surface area contributed by atoms with Crippen LogP contribution in [0.5, 0.6) is 0 Å². The lowest BCUT2D eigenvalue weighted by Crippen LogP contribution is -1.86. The van der Waals surface area contributed by atoms with Gasteiger partial charge in [-0.15, -0.1) is 11.3 Å². The number of nitrogen functional groups attached to an aromatic ring is 1. The lowest BCUT2D eigenvalue weighted by molar-refractivity contribution is 0.761. The Morgan fingerprint density at radius 1 is 1.47 bits per heavy atom. The molecule has 2 rings (SSSR count). The minimum absolute atomic E-state index is 0.591. The molecule has 2 heterocycles. The summed E-state index contributed by atoms with van der Waals surface area (Å²) in [5.41, 5.74) is 7.34. The highest BCUT2D eigenvalue weighted by Crippen LogP contribution is 2.13. The van der Waals surface area contributed by atoms with Crippen LogP contribution in [0.1, 0.15) is 18.3 Å². The van der Waals surface area contributed by atoms with E-state index in [0.717, 1.165) is 17.9 Å². The van der Waals surface area contributed by atoms with E-state index in [4.69, 9.17) is 5.73 Å². The molecule has 0 aliphatic carbocycles. The van der Waals surface area contributed by atoms with E-state index >= 15 is 0 Å². The molecule has 0 spiro atoms. The van der Waals surface area contributed by atoms with Crippen LogP contribution in [0.25, 0.3) is 12.2 Å². The predicted octanol–water partition coefficient (Wildman–Crippen LogP) is 2.11. The maximum atomic E-state index is 5.53. The van der Waals surface area contributed by atoms with Gasteiger partial charge in [-0.05, 0) is 19.1 Å². The van der Waals surface area contributed by atoms with E-state index in [2.05, 4.69) is 16.9 Å². The molecule has 0 saturated carbocycles. The van der Waals surface area contributed by atoms with Gasteiger partial charge >= 0.3 is 0 Å². The van der Waals surface area contributed by atoms with E-state index in [1.165, 1.54) is 11.3 Å². The zero-order valence-corrected chi connectivity index (χ0v) is 9.24. The Morgan fingerprint density at radius 3 is 2.87 bits per heavy atom. The number of nitrogens with zero attached hydrogens (tertiary/aromatic N) is 3. The van der Waals surface area contributed by atoms with Crippen LogP contribution in [0.3, 0.4) is 0 Å². The van der Waals surface area contributed by atoms with Crippen molar-refractivity contribution in [3.63, 3.8) is 0 Å². The van der Waals surface area contributed by atoms with Gasteiger partial charge in [-0.25, -0.2) is 9.97 Å². The molecule has 78 valence electrons. The number of aromatic nitrogens is 3. The van der Waals surface area contributed by atoms with Crippen molar-refractivity contribution in [1.82, 2.24) is 14.5 Å². The molecular formula is C10H12N4S. The normalized spacial score (nSPS) is 11.3. The molecule has 0 atom stereocenters. The van der Waals surface area contributed by atoms with Crippen molar-refractivity contribution in [1.29, 1.82) is 0 Å². The third kappa shape index (κ3) is 2.44. The first-order chi connectivity index (χ1) is 7.28. The van der Waals surface area contributed by atoms with E-state index in [0.29, 0.717) is 5.13 Å². The number of rotatable bonds is 3. The summed E-state index contributed by atoms with van der Waals surface area (Å²) < 4.78 is 2.02. The van der Waals surface area contributed by atoms with Crippen molar-refractivity contribution >= 4 is 28.6 Å². The molecule has 5 heteroatoms. The monoisotopic (exact) mass is 220 g/mol. The van der Waals surface area contributed by atoms with Gasteiger partial charge in [0.15, 0.2) is 5.13 Å². The minimum Gasteiger partial charge on any atom is -0.375 e. The fourth-order valence-electron chi connectivity index (χ4n) is 1.18. The zero-order valence-electron chi connectivity index (χ0n) is 8.42. The molecule has 0 aromatic carbocycles. The molecule has 2 aromatic rings. The van der Waals surface area contributed by atoms with Gasteiger partial charge in [0.05, 0.1) is 17.7 Å². The van der Waals surface area contributed by atoms with Crippen LogP contribution in [0.15, 0.2) is 17.9 Å². The Kier molecular flexibility index (Phi) is 2.82. The van der Waals surface area contributed by atoms with Gasteiger partial charge in [0.1, 0.15) is 0 Å². The fourth-order valence-corrected chi connectivity index (χ4v) is 1.72. The lowest BCUT2D eigenvalue weighted by atomic mass is 10.3. The summed E-state index contributed by atoms with van der Waals surface area (Å²) >= 11 is 1.44. The van der Waals surface area contributed by atoms with Crippen molar-refractivity contribution in [2.24, 2.45) is 0 Å². The molecule has 0 bridgehead atoms. The molecule has 0 radical (unpaired) electrons. The summed E-state index contributed by atoms with van der Waals surface area (Å²) in [6.07, 6.45) is 7.65. The molecule has 0 fully saturated rings. The third-order valence-electron chi connectivity index (χ3n) is 1.98. The largest absolute Gasteiger partial charge is 0.375 e. The smallest absolute Gasteiger partial charge is 0.180 e. The molecule has 0 saturated heterocycles. The average molecular weight is 220 g/mol. The molecular weight excluding hydrogens is 208 g/mol. The fraction of sp³-hybridized carbons (Fsp3) is 0.200. The van der Waals surface area contributed by atoms with Crippen LogP contribution in [-0.2, 0) is 6.54 Å². The van der Waals surface area contributed by atoms with Crippen molar-refractivity contribution in [2.75, 3.05) is 5.73 Å². The second-order valence-corrected chi connectivity index (χ2v) is 3.96. The second kappa shape index (κ2) is 4.27. The first kappa shape index (κ1) is 9.92. The highest BCUT2D eigenvalue weighted by molar-refractivity contribution is 7.13. The van der Waals surface area contributed by atoms with Crippen LogP contribution in [0.4, 0.5) is 5.13 Å². The van der Waals surface area contributed by atoms with E-state index in [1.807, 2.05) is 34.6 Å². The molecule has 2 N–H and O–H groups in total. The summed E-state index contributed by atoms with van der Waals surface area (Å²) in [6, 6.07) is 0. The van der Waals surface area contributed by atoms with E-state index in [9.17, 15) is 0 Å². The number of hydrogen-bond acceptors (Lipinski definition) is 4. The van der Waals surface area contributed by atoms with Gasteiger partial charge in [0.25, 0.3) is 0 Å². The van der Waals surface area contributed by atoms with Crippen LogP contribution in [0.2, 0.25) is 0 Å². The number of hydrogen-bond donors (Lipinski definition) is 1. The first-order valence-corrected chi connectivity index (χ1v) is 5.56. The lowest BCUT2D eigenvalue weighted by Gasteiger charge is -1.89. The SMILES string of the molecule is CCn1cnc(C=Cc2csc(N)n2)c1. The Hall–Kier alpha value is -1.62. The maximum absolute atomic E-state index is 5.53. The summed E-state index contributed by atoms with van der Waals surface area (Å²) in [7, 11) is 0. The van der Waals surface area contributed by atoms with Crippen molar-refractivity contribution in [2.45, 2.75) is 13.5 Å². The maximum Gasteiger partial charge on any atom is 0.180 e. The van der Waals surface area contributed by atoms with E-state index in [1.54, 1.807) is 0 Å². The van der Waals surface area contributed by atoms with Gasteiger partial charge in [0.2, 0.25) is 0 Å². The topological polar surface area (TPSA) is 56.7 Å². The van der Waals surface area contributed by atoms with Crippen molar-refractivity contribution in [3.05, 3.63) is 29.3 Å². The zero-order chi connectivity index (χ0) is 10.7. The molecule has 0 aliphatic rings. The van der Waals surface area contributed by atoms with E-state index in [-0.39, 0.29) is 0 Å². The number of thiazole rings is 1. The second-order valence-electron chi connectivity index (χ2n) is 3.07.